The summed E-state index contributed by atoms with van der Waals surface area (Å²) in [7, 11) is 0. The van der Waals surface area contributed by atoms with E-state index in [9.17, 15) is 0 Å². The monoisotopic (exact) mass is 614 g/mol. The van der Waals surface area contributed by atoms with Crippen molar-refractivity contribution in [2.24, 2.45) is 0 Å². The van der Waals surface area contributed by atoms with Crippen LogP contribution in [-0.4, -0.2) is 0 Å². The van der Waals surface area contributed by atoms with Gasteiger partial charge in [-0.3, -0.25) is 0 Å². The van der Waals surface area contributed by atoms with Crippen molar-refractivity contribution in [1.29, 1.82) is 0 Å². The molecule has 0 aliphatic carbocycles. The number of benzene rings is 8. The molecule has 8 aromatic rings. The van der Waals surface area contributed by atoms with Gasteiger partial charge in [0.25, 0.3) is 0 Å². The van der Waals surface area contributed by atoms with Gasteiger partial charge in [-0.05, 0) is 88.3 Å². The van der Waals surface area contributed by atoms with Gasteiger partial charge in [0.05, 0.1) is 5.69 Å². The third kappa shape index (κ3) is 5.84. The second kappa shape index (κ2) is 13.2. The Balaban J connectivity index is 1.30. The minimum absolute atomic E-state index is 1.09. The van der Waals surface area contributed by atoms with Gasteiger partial charge >= 0.3 is 0 Å². The standard InChI is InChI=1S/C46H34N2/c1-5-15-35(16-6-1)37-25-29-42(30-26-37)47(40-20-9-3-10-21-40)44-33-39-19-13-14-24-45(39)46(34-44)48(41-22-11-4-12-23-41)43-31-27-38(28-32-43)36-17-7-2-8-18-36/h1-34H. The second-order valence-electron chi connectivity index (χ2n) is 11.9. The molecule has 228 valence electrons. The van der Waals surface area contributed by atoms with E-state index in [1.165, 1.54) is 33.0 Å². The molecule has 0 radical (unpaired) electrons. The number of para-hydroxylation sites is 2. The molecule has 0 heterocycles. The summed E-state index contributed by atoms with van der Waals surface area (Å²) in [5, 5.41) is 2.36. The molecule has 0 atom stereocenters. The van der Waals surface area contributed by atoms with Crippen LogP contribution in [0.1, 0.15) is 0 Å². The van der Waals surface area contributed by atoms with Crippen LogP contribution < -0.4 is 9.80 Å². The van der Waals surface area contributed by atoms with Crippen LogP contribution in [0.5, 0.6) is 0 Å². The summed E-state index contributed by atoms with van der Waals surface area (Å²) in [6.45, 7) is 0. The van der Waals surface area contributed by atoms with Crippen LogP contribution in [-0.2, 0) is 0 Å². The van der Waals surface area contributed by atoms with Gasteiger partial charge in [0.2, 0.25) is 0 Å². The highest BCUT2D eigenvalue weighted by Gasteiger charge is 2.20. The van der Waals surface area contributed by atoms with E-state index in [4.69, 9.17) is 0 Å². The summed E-state index contributed by atoms with van der Waals surface area (Å²) in [6, 6.07) is 73.5. The highest BCUT2D eigenvalue weighted by molar-refractivity contribution is 6.02. The fraction of sp³-hybridized carbons (Fsp3) is 0. The van der Waals surface area contributed by atoms with Gasteiger partial charge < -0.3 is 9.80 Å². The molecule has 8 rings (SSSR count). The van der Waals surface area contributed by atoms with E-state index in [-0.39, 0.29) is 0 Å². The predicted molar refractivity (Wildman–Crippen MR) is 204 cm³/mol. The zero-order valence-corrected chi connectivity index (χ0v) is 26.5. The Labute approximate surface area is 282 Å². The number of nitrogens with zero attached hydrogens (tertiary/aromatic N) is 2. The van der Waals surface area contributed by atoms with Crippen LogP contribution >= 0.6 is 0 Å². The van der Waals surface area contributed by atoms with Crippen molar-refractivity contribution >= 4 is 44.9 Å². The molecule has 0 aliphatic heterocycles. The Morgan fingerprint density at radius 1 is 0.250 bits per heavy atom. The zero-order valence-electron chi connectivity index (χ0n) is 26.5. The van der Waals surface area contributed by atoms with Crippen LogP contribution in [0.2, 0.25) is 0 Å². The van der Waals surface area contributed by atoms with Crippen LogP contribution in [0, 0.1) is 0 Å². The molecule has 0 amide bonds. The predicted octanol–water partition coefficient (Wildman–Crippen LogP) is 13.1. The van der Waals surface area contributed by atoms with Crippen LogP contribution in [0.4, 0.5) is 34.1 Å². The van der Waals surface area contributed by atoms with Gasteiger partial charge in [-0.2, -0.15) is 0 Å². The number of hydrogen-bond acceptors (Lipinski definition) is 2. The van der Waals surface area contributed by atoms with Gasteiger partial charge in [-0.1, -0.05) is 146 Å². The SMILES string of the molecule is c1ccc(-c2ccc(N(c3ccccc3)c3cc(N(c4ccccc4)c4ccc(-c5ccccc5)cc4)c4ccccc4c3)cc2)cc1. The third-order valence-corrected chi connectivity index (χ3v) is 8.82. The van der Waals surface area contributed by atoms with E-state index in [2.05, 4.69) is 216 Å². The van der Waals surface area contributed by atoms with E-state index in [1.54, 1.807) is 0 Å². The molecule has 0 unspecified atom stereocenters. The Morgan fingerprint density at radius 2 is 0.625 bits per heavy atom. The minimum atomic E-state index is 1.09. The maximum Gasteiger partial charge on any atom is 0.0560 e. The van der Waals surface area contributed by atoms with Crippen LogP contribution in [0.3, 0.4) is 0 Å². The zero-order chi connectivity index (χ0) is 32.1. The fourth-order valence-electron chi connectivity index (χ4n) is 6.48. The first-order chi connectivity index (χ1) is 23.8. The summed E-state index contributed by atoms with van der Waals surface area (Å²) in [4.78, 5) is 4.73. The molecule has 0 spiro atoms. The number of anilines is 6. The topological polar surface area (TPSA) is 6.48 Å². The van der Waals surface area contributed by atoms with Crippen LogP contribution in [0.25, 0.3) is 33.0 Å². The average molecular weight is 615 g/mol. The molecule has 0 bridgehead atoms. The van der Waals surface area contributed by atoms with Crippen molar-refractivity contribution in [3.8, 4) is 22.3 Å². The molecular weight excluding hydrogens is 581 g/mol. The Kier molecular flexibility index (Phi) is 7.96. The highest BCUT2D eigenvalue weighted by atomic mass is 15.2. The second-order valence-corrected chi connectivity index (χ2v) is 11.9. The van der Waals surface area contributed by atoms with E-state index in [0.717, 1.165) is 34.1 Å². The molecule has 0 aromatic heterocycles. The van der Waals surface area contributed by atoms with E-state index < -0.39 is 0 Å². The van der Waals surface area contributed by atoms with E-state index in [0.29, 0.717) is 0 Å². The number of rotatable bonds is 8. The number of hydrogen-bond donors (Lipinski definition) is 0. The van der Waals surface area contributed by atoms with Gasteiger partial charge in [0.1, 0.15) is 0 Å². The van der Waals surface area contributed by atoms with Crippen molar-refractivity contribution in [1.82, 2.24) is 0 Å². The van der Waals surface area contributed by atoms with Gasteiger partial charge in [0, 0.05) is 33.8 Å². The first-order valence-corrected chi connectivity index (χ1v) is 16.4. The molecule has 0 saturated heterocycles. The summed E-state index contributed by atoms with van der Waals surface area (Å²) >= 11 is 0. The smallest absolute Gasteiger partial charge is 0.0560 e. The Bertz CT molecular complexity index is 2250. The first-order valence-electron chi connectivity index (χ1n) is 16.4. The Morgan fingerprint density at radius 3 is 1.15 bits per heavy atom. The fourth-order valence-corrected chi connectivity index (χ4v) is 6.48. The van der Waals surface area contributed by atoms with Crippen molar-refractivity contribution in [3.05, 3.63) is 206 Å². The lowest BCUT2D eigenvalue weighted by Crippen LogP contribution is -2.13. The molecule has 0 N–H and O–H groups in total. The molecule has 0 fully saturated rings. The molecule has 0 saturated carbocycles. The highest BCUT2D eigenvalue weighted by Crippen LogP contribution is 2.44. The summed E-state index contributed by atoms with van der Waals surface area (Å²) < 4.78 is 0. The Hall–Kier alpha value is -6.38. The van der Waals surface area contributed by atoms with Gasteiger partial charge in [0.15, 0.2) is 0 Å². The minimum Gasteiger partial charge on any atom is -0.310 e. The lowest BCUT2D eigenvalue weighted by molar-refractivity contribution is 1.26. The average Bonchev–Trinajstić information content (AvgIpc) is 3.17. The van der Waals surface area contributed by atoms with E-state index in [1.807, 2.05) is 0 Å². The van der Waals surface area contributed by atoms with Gasteiger partial charge in [-0.15, -0.1) is 0 Å². The molecular formula is C46H34N2. The summed E-state index contributed by atoms with van der Waals surface area (Å²) in [5.41, 5.74) is 11.4. The van der Waals surface area contributed by atoms with Crippen molar-refractivity contribution in [3.63, 3.8) is 0 Å². The quantitative estimate of drug-likeness (QED) is 0.168. The van der Waals surface area contributed by atoms with Crippen molar-refractivity contribution in [2.75, 3.05) is 9.80 Å². The van der Waals surface area contributed by atoms with Gasteiger partial charge in [-0.25, -0.2) is 0 Å². The lowest BCUT2D eigenvalue weighted by atomic mass is 10.0. The number of fused-ring (bicyclic) bond motifs is 1. The maximum absolute atomic E-state index is 2.38. The first kappa shape index (κ1) is 29.1. The van der Waals surface area contributed by atoms with E-state index >= 15 is 0 Å². The maximum atomic E-state index is 2.38. The normalized spacial score (nSPS) is 10.9. The molecule has 2 nitrogen and oxygen atoms in total. The molecule has 2 heteroatoms. The molecule has 0 aliphatic rings. The summed E-state index contributed by atoms with van der Waals surface area (Å²) in [5.74, 6) is 0. The largest absolute Gasteiger partial charge is 0.310 e. The third-order valence-electron chi connectivity index (χ3n) is 8.82. The summed E-state index contributed by atoms with van der Waals surface area (Å²) in [6.07, 6.45) is 0. The van der Waals surface area contributed by atoms with Crippen LogP contribution in [0.15, 0.2) is 206 Å². The van der Waals surface area contributed by atoms with Crippen molar-refractivity contribution in [2.45, 2.75) is 0 Å². The van der Waals surface area contributed by atoms with Crippen molar-refractivity contribution < 1.29 is 0 Å². The molecule has 48 heavy (non-hydrogen) atoms. The molecule has 8 aromatic carbocycles. The lowest BCUT2D eigenvalue weighted by Gasteiger charge is -2.31.